The molecule has 2 rings (SSSR count). The van der Waals surface area contributed by atoms with E-state index in [1.807, 2.05) is 31.2 Å². The van der Waals surface area contributed by atoms with Crippen LogP contribution in [-0.2, 0) is 0 Å². The zero-order chi connectivity index (χ0) is 15.4. The molecular weight excluding hydrogens is 268 g/mol. The van der Waals surface area contributed by atoms with Crippen LogP contribution in [0.15, 0.2) is 36.4 Å². The maximum Gasteiger partial charge on any atom is 0.161 e. The second-order valence-electron chi connectivity index (χ2n) is 4.76. The number of aryl methyl sites for hydroxylation is 1. The van der Waals surface area contributed by atoms with E-state index in [1.54, 1.807) is 33.5 Å². The number of aliphatic hydroxyl groups excluding tert-OH is 1. The fraction of sp³-hybridized carbons (Fsp3) is 0.294. The summed E-state index contributed by atoms with van der Waals surface area (Å²) in [5.41, 5.74) is 2.51. The average molecular weight is 288 g/mol. The van der Waals surface area contributed by atoms with Gasteiger partial charge in [0.15, 0.2) is 11.5 Å². The highest BCUT2D eigenvalue weighted by Gasteiger charge is 2.17. The van der Waals surface area contributed by atoms with E-state index in [9.17, 15) is 5.11 Å². The summed E-state index contributed by atoms with van der Waals surface area (Å²) in [6.07, 6.45) is -0.792. The van der Waals surface area contributed by atoms with Crippen LogP contribution < -0.4 is 14.2 Å². The van der Waals surface area contributed by atoms with E-state index in [1.165, 1.54) is 0 Å². The highest BCUT2D eigenvalue weighted by molar-refractivity contribution is 5.48. The lowest BCUT2D eigenvalue weighted by molar-refractivity contribution is 0.214. The Bertz CT molecular complexity index is 622. The molecule has 0 heterocycles. The molecule has 4 nitrogen and oxygen atoms in total. The van der Waals surface area contributed by atoms with Gasteiger partial charge in [-0.05, 0) is 36.8 Å². The van der Waals surface area contributed by atoms with Gasteiger partial charge in [-0.25, -0.2) is 0 Å². The van der Waals surface area contributed by atoms with Crippen molar-refractivity contribution in [1.29, 1.82) is 0 Å². The Morgan fingerprint density at radius 3 is 2.05 bits per heavy atom. The lowest BCUT2D eigenvalue weighted by Gasteiger charge is -2.17. The summed E-state index contributed by atoms with van der Waals surface area (Å²) in [5, 5.41) is 10.6. The molecule has 2 aromatic carbocycles. The molecule has 0 saturated heterocycles. The molecule has 0 bridgehead atoms. The first kappa shape index (κ1) is 15.2. The monoisotopic (exact) mass is 288 g/mol. The summed E-state index contributed by atoms with van der Waals surface area (Å²) in [7, 11) is 4.74. The van der Waals surface area contributed by atoms with E-state index in [0.717, 1.165) is 16.7 Å². The van der Waals surface area contributed by atoms with Gasteiger partial charge in [0.05, 0.1) is 21.3 Å². The fourth-order valence-electron chi connectivity index (χ4n) is 2.27. The van der Waals surface area contributed by atoms with Crippen molar-refractivity contribution in [1.82, 2.24) is 0 Å². The zero-order valence-electron chi connectivity index (χ0n) is 12.7. The molecule has 21 heavy (non-hydrogen) atoms. The fourth-order valence-corrected chi connectivity index (χ4v) is 2.27. The first-order valence-electron chi connectivity index (χ1n) is 6.65. The third-order valence-corrected chi connectivity index (χ3v) is 3.40. The van der Waals surface area contributed by atoms with E-state index in [-0.39, 0.29) is 0 Å². The quantitative estimate of drug-likeness (QED) is 0.918. The minimum Gasteiger partial charge on any atom is -0.496 e. The second kappa shape index (κ2) is 6.50. The zero-order valence-corrected chi connectivity index (χ0v) is 12.7. The smallest absolute Gasteiger partial charge is 0.161 e. The van der Waals surface area contributed by atoms with Gasteiger partial charge in [-0.15, -0.1) is 0 Å². The average Bonchev–Trinajstić information content (AvgIpc) is 2.53. The number of aliphatic hydroxyl groups is 1. The van der Waals surface area contributed by atoms with Gasteiger partial charge >= 0.3 is 0 Å². The molecule has 1 N–H and O–H groups in total. The second-order valence-corrected chi connectivity index (χ2v) is 4.76. The van der Waals surface area contributed by atoms with Gasteiger partial charge in [0, 0.05) is 5.56 Å². The van der Waals surface area contributed by atoms with Gasteiger partial charge in [-0.1, -0.05) is 17.7 Å². The molecule has 112 valence electrons. The third kappa shape index (κ3) is 3.11. The maximum atomic E-state index is 10.6. The van der Waals surface area contributed by atoms with Crippen molar-refractivity contribution in [3.8, 4) is 17.2 Å². The lowest BCUT2D eigenvalue weighted by atomic mass is 9.98. The molecule has 0 aromatic heterocycles. The molecule has 0 aliphatic carbocycles. The van der Waals surface area contributed by atoms with Gasteiger partial charge in [0.2, 0.25) is 0 Å². The molecule has 0 amide bonds. The Hall–Kier alpha value is -2.20. The van der Waals surface area contributed by atoms with E-state index in [4.69, 9.17) is 14.2 Å². The maximum absolute atomic E-state index is 10.6. The molecule has 0 aliphatic heterocycles. The van der Waals surface area contributed by atoms with Crippen molar-refractivity contribution in [3.63, 3.8) is 0 Å². The molecule has 4 heteroatoms. The minimum atomic E-state index is -0.792. The number of methoxy groups -OCH3 is 3. The molecule has 0 aliphatic rings. The lowest BCUT2D eigenvalue weighted by Crippen LogP contribution is -2.04. The molecule has 0 fully saturated rings. The predicted molar refractivity (Wildman–Crippen MR) is 81.3 cm³/mol. The highest BCUT2D eigenvalue weighted by Crippen LogP contribution is 2.35. The van der Waals surface area contributed by atoms with Gasteiger partial charge in [-0.3, -0.25) is 0 Å². The summed E-state index contributed by atoms with van der Waals surface area (Å²) in [6.45, 7) is 1.98. The van der Waals surface area contributed by atoms with Crippen molar-refractivity contribution < 1.29 is 19.3 Å². The Morgan fingerprint density at radius 2 is 1.43 bits per heavy atom. The van der Waals surface area contributed by atoms with Gasteiger partial charge in [-0.2, -0.15) is 0 Å². The standard InChI is InChI=1S/C17H20O4/c1-11-5-7-14(19-2)13(9-11)17(18)12-6-8-15(20-3)16(10-12)21-4/h5-10,17-18H,1-4H3. The van der Waals surface area contributed by atoms with Crippen molar-refractivity contribution >= 4 is 0 Å². The Morgan fingerprint density at radius 1 is 0.810 bits per heavy atom. The van der Waals surface area contributed by atoms with Crippen LogP contribution in [-0.4, -0.2) is 26.4 Å². The summed E-state index contributed by atoms with van der Waals surface area (Å²) < 4.78 is 15.8. The molecule has 1 atom stereocenters. The van der Waals surface area contributed by atoms with Crippen LogP contribution in [0.25, 0.3) is 0 Å². The number of hydrogen-bond acceptors (Lipinski definition) is 4. The van der Waals surface area contributed by atoms with Crippen LogP contribution in [0.1, 0.15) is 22.8 Å². The molecule has 2 aromatic rings. The SMILES string of the molecule is COc1ccc(C(O)c2cc(C)ccc2OC)cc1OC. The third-order valence-electron chi connectivity index (χ3n) is 3.40. The molecule has 0 saturated carbocycles. The molecule has 0 radical (unpaired) electrons. The Kier molecular flexibility index (Phi) is 4.70. The topological polar surface area (TPSA) is 47.9 Å². The van der Waals surface area contributed by atoms with E-state index in [0.29, 0.717) is 17.2 Å². The number of hydrogen-bond donors (Lipinski definition) is 1. The minimum absolute atomic E-state index is 0.584. The number of ether oxygens (including phenoxy) is 3. The van der Waals surface area contributed by atoms with E-state index < -0.39 is 6.10 Å². The number of benzene rings is 2. The van der Waals surface area contributed by atoms with Crippen LogP contribution in [0, 0.1) is 6.92 Å². The van der Waals surface area contributed by atoms with Crippen LogP contribution in [0.2, 0.25) is 0 Å². The van der Waals surface area contributed by atoms with Crippen molar-refractivity contribution in [3.05, 3.63) is 53.1 Å². The summed E-state index contributed by atoms with van der Waals surface area (Å²) in [4.78, 5) is 0. The molecular formula is C17H20O4. The molecule has 0 spiro atoms. The Balaban J connectivity index is 2.44. The van der Waals surface area contributed by atoms with Crippen LogP contribution in [0.3, 0.4) is 0 Å². The van der Waals surface area contributed by atoms with Crippen molar-refractivity contribution in [2.24, 2.45) is 0 Å². The summed E-state index contributed by atoms with van der Waals surface area (Å²) in [6, 6.07) is 11.1. The normalized spacial score (nSPS) is 11.9. The predicted octanol–water partition coefficient (Wildman–Crippen LogP) is 3.10. The van der Waals surface area contributed by atoms with E-state index in [2.05, 4.69) is 0 Å². The summed E-state index contributed by atoms with van der Waals surface area (Å²) >= 11 is 0. The molecule has 1 unspecified atom stereocenters. The van der Waals surface area contributed by atoms with Gasteiger partial charge < -0.3 is 19.3 Å². The first-order chi connectivity index (χ1) is 10.1. The number of rotatable bonds is 5. The van der Waals surface area contributed by atoms with Crippen molar-refractivity contribution in [2.45, 2.75) is 13.0 Å². The van der Waals surface area contributed by atoms with E-state index >= 15 is 0 Å². The largest absolute Gasteiger partial charge is 0.496 e. The van der Waals surface area contributed by atoms with Crippen LogP contribution in [0.5, 0.6) is 17.2 Å². The van der Waals surface area contributed by atoms with Gasteiger partial charge in [0.25, 0.3) is 0 Å². The Labute approximate surface area is 124 Å². The van der Waals surface area contributed by atoms with Crippen LogP contribution in [0.4, 0.5) is 0 Å². The van der Waals surface area contributed by atoms with Crippen molar-refractivity contribution in [2.75, 3.05) is 21.3 Å². The highest BCUT2D eigenvalue weighted by atomic mass is 16.5. The summed E-state index contributed by atoms with van der Waals surface area (Å²) in [5.74, 6) is 1.87. The first-order valence-corrected chi connectivity index (χ1v) is 6.65. The van der Waals surface area contributed by atoms with Crippen LogP contribution >= 0.6 is 0 Å². The van der Waals surface area contributed by atoms with Gasteiger partial charge in [0.1, 0.15) is 11.9 Å².